The molecule has 0 saturated carbocycles. The molecule has 4 nitrogen and oxygen atoms in total. The first-order valence-electron chi connectivity index (χ1n) is 7.47. The van der Waals surface area contributed by atoms with Gasteiger partial charge in [0, 0.05) is 0 Å². The lowest BCUT2D eigenvalue weighted by molar-refractivity contribution is -0.155. The molecular formula is C18H26O4. The van der Waals surface area contributed by atoms with E-state index < -0.39 is 11.2 Å². The number of rotatable bonds is 4. The maximum absolute atomic E-state index is 12.0. The Morgan fingerprint density at radius 3 is 1.36 bits per heavy atom. The van der Waals surface area contributed by atoms with Crippen molar-refractivity contribution in [1.29, 1.82) is 0 Å². The quantitative estimate of drug-likeness (QED) is 0.799. The Labute approximate surface area is 132 Å². The molecule has 0 aliphatic heterocycles. The van der Waals surface area contributed by atoms with Crippen LogP contribution >= 0.6 is 0 Å². The van der Waals surface area contributed by atoms with E-state index in [1.165, 1.54) is 0 Å². The van der Waals surface area contributed by atoms with E-state index in [0.717, 1.165) is 11.1 Å². The SMILES string of the molecule is CC(C)(C)OC(=O)Cc1ccccc1CC(=O)OC(C)(C)C. The molecule has 1 rings (SSSR count). The van der Waals surface area contributed by atoms with E-state index in [9.17, 15) is 9.59 Å². The zero-order chi connectivity index (χ0) is 17.0. The highest BCUT2D eigenvalue weighted by atomic mass is 16.6. The molecule has 22 heavy (non-hydrogen) atoms. The summed E-state index contributed by atoms with van der Waals surface area (Å²) in [6.45, 7) is 11.0. The highest BCUT2D eigenvalue weighted by Crippen LogP contribution is 2.16. The van der Waals surface area contributed by atoms with Crippen LogP contribution in [0, 0.1) is 0 Å². The van der Waals surface area contributed by atoms with E-state index in [1.807, 2.05) is 65.8 Å². The fraction of sp³-hybridized carbons (Fsp3) is 0.556. The average Bonchev–Trinajstić information content (AvgIpc) is 2.26. The highest BCUT2D eigenvalue weighted by molar-refractivity contribution is 5.76. The second-order valence-corrected chi connectivity index (χ2v) is 7.30. The molecule has 0 radical (unpaired) electrons. The molecular weight excluding hydrogens is 280 g/mol. The monoisotopic (exact) mass is 306 g/mol. The largest absolute Gasteiger partial charge is 0.460 e. The maximum Gasteiger partial charge on any atom is 0.310 e. The summed E-state index contributed by atoms with van der Waals surface area (Å²) in [6, 6.07) is 7.36. The molecule has 0 heterocycles. The Balaban J connectivity index is 2.78. The third-order valence-corrected chi connectivity index (χ3v) is 2.63. The van der Waals surface area contributed by atoms with Crippen molar-refractivity contribution in [3.8, 4) is 0 Å². The predicted molar refractivity (Wildman–Crippen MR) is 85.5 cm³/mol. The van der Waals surface area contributed by atoms with Crippen LogP contribution in [0.1, 0.15) is 52.7 Å². The molecule has 0 amide bonds. The van der Waals surface area contributed by atoms with E-state index >= 15 is 0 Å². The van der Waals surface area contributed by atoms with Gasteiger partial charge in [0.15, 0.2) is 0 Å². The van der Waals surface area contributed by atoms with Gasteiger partial charge in [-0.25, -0.2) is 0 Å². The lowest BCUT2D eigenvalue weighted by Gasteiger charge is -2.21. The fourth-order valence-corrected chi connectivity index (χ4v) is 1.97. The van der Waals surface area contributed by atoms with Gasteiger partial charge in [0.2, 0.25) is 0 Å². The minimum atomic E-state index is -0.517. The topological polar surface area (TPSA) is 52.6 Å². The van der Waals surface area contributed by atoms with Crippen molar-refractivity contribution in [2.45, 2.75) is 65.6 Å². The minimum absolute atomic E-state index is 0.149. The Kier molecular flexibility index (Phi) is 5.75. The molecule has 0 aliphatic carbocycles. The molecule has 122 valence electrons. The third-order valence-electron chi connectivity index (χ3n) is 2.63. The van der Waals surface area contributed by atoms with Crippen molar-refractivity contribution in [3.05, 3.63) is 35.4 Å². The lowest BCUT2D eigenvalue weighted by atomic mass is 10.0. The fourth-order valence-electron chi connectivity index (χ4n) is 1.97. The van der Waals surface area contributed by atoms with Gasteiger partial charge in [0.25, 0.3) is 0 Å². The summed E-state index contributed by atoms with van der Waals surface area (Å²) < 4.78 is 10.7. The number of benzene rings is 1. The molecule has 0 bridgehead atoms. The number of esters is 2. The zero-order valence-corrected chi connectivity index (χ0v) is 14.4. The van der Waals surface area contributed by atoms with Crippen LogP contribution in [-0.2, 0) is 31.9 Å². The summed E-state index contributed by atoms with van der Waals surface area (Å²) in [5.74, 6) is -0.603. The first kappa shape index (κ1) is 18.2. The molecule has 4 heteroatoms. The standard InChI is InChI=1S/C18H26O4/c1-17(2,3)21-15(19)11-13-9-7-8-10-14(13)12-16(20)22-18(4,5)6/h7-10H,11-12H2,1-6H3. The van der Waals surface area contributed by atoms with Gasteiger partial charge in [-0.15, -0.1) is 0 Å². The zero-order valence-electron chi connectivity index (χ0n) is 14.4. The Morgan fingerprint density at radius 2 is 1.09 bits per heavy atom. The van der Waals surface area contributed by atoms with Crippen LogP contribution in [-0.4, -0.2) is 23.1 Å². The minimum Gasteiger partial charge on any atom is -0.460 e. The molecule has 0 fully saturated rings. The van der Waals surface area contributed by atoms with Gasteiger partial charge in [-0.2, -0.15) is 0 Å². The van der Waals surface area contributed by atoms with Crippen molar-refractivity contribution in [3.63, 3.8) is 0 Å². The third kappa shape index (κ3) is 7.25. The summed E-state index contributed by atoms with van der Waals surface area (Å²) in [7, 11) is 0. The van der Waals surface area contributed by atoms with Crippen molar-refractivity contribution in [1.82, 2.24) is 0 Å². The van der Waals surface area contributed by atoms with Crippen molar-refractivity contribution < 1.29 is 19.1 Å². The Morgan fingerprint density at radius 1 is 0.773 bits per heavy atom. The molecule has 0 saturated heterocycles. The number of carbonyl (C=O) groups is 2. The van der Waals surface area contributed by atoms with Crippen LogP contribution in [0.5, 0.6) is 0 Å². The molecule has 0 aromatic heterocycles. The lowest BCUT2D eigenvalue weighted by Crippen LogP contribution is -2.26. The summed E-state index contributed by atoms with van der Waals surface area (Å²) in [6.07, 6.45) is 0.298. The highest BCUT2D eigenvalue weighted by Gasteiger charge is 2.20. The normalized spacial score (nSPS) is 11.9. The first-order valence-corrected chi connectivity index (χ1v) is 7.47. The van der Waals surface area contributed by atoms with Crippen molar-refractivity contribution in [2.75, 3.05) is 0 Å². The van der Waals surface area contributed by atoms with Gasteiger partial charge in [-0.1, -0.05) is 24.3 Å². The van der Waals surface area contributed by atoms with E-state index in [-0.39, 0.29) is 24.8 Å². The van der Waals surface area contributed by atoms with E-state index in [2.05, 4.69) is 0 Å². The van der Waals surface area contributed by atoms with E-state index in [1.54, 1.807) is 0 Å². The van der Waals surface area contributed by atoms with Gasteiger partial charge in [-0.05, 0) is 52.7 Å². The number of hydrogen-bond acceptors (Lipinski definition) is 4. The van der Waals surface area contributed by atoms with Crippen molar-refractivity contribution in [2.24, 2.45) is 0 Å². The Bertz CT molecular complexity index is 484. The first-order chi connectivity index (χ1) is 9.96. The van der Waals surface area contributed by atoms with Crippen LogP contribution < -0.4 is 0 Å². The second kappa shape index (κ2) is 6.95. The molecule has 0 aliphatic rings. The van der Waals surface area contributed by atoms with Gasteiger partial charge < -0.3 is 9.47 Å². The predicted octanol–water partition coefficient (Wildman–Crippen LogP) is 3.46. The van der Waals surface area contributed by atoms with Crippen LogP contribution in [0.25, 0.3) is 0 Å². The summed E-state index contributed by atoms with van der Waals surface area (Å²) >= 11 is 0. The summed E-state index contributed by atoms with van der Waals surface area (Å²) in [5.41, 5.74) is 0.555. The van der Waals surface area contributed by atoms with Gasteiger partial charge >= 0.3 is 11.9 Å². The van der Waals surface area contributed by atoms with Crippen LogP contribution in [0.2, 0.25) is 0 Å². The maximum atomic E-state index is 12.0. The van der Waals surface area contributed by atoms with Gasteiger partial charge in [0.1, 0.15) is 11.2 Å². The molecule has 0 spiro atoms. The average molecular weight is 306 g/mol. The molecule has 1 aromatic rings. The number of ether oxygens (including phenoxy) is 2. The summed E-state index contributed by atoms with van der Waals surface area (Å²) in [5, 5.41) is 0. The van der Waals surface area contributed by atoms with Crippen LogP contribution in [0.15, 0.2) is 24.3 Å². The van der Waals surface area contributed by atoms with Crippen LogP contribution in [0.3, 0.4) is 0 Å². The molecule has 0 N–H and O–H groups in total. The van der Waals surface area contributed by atoms with Gasteiger partial charge in [0.05, 0.1) is 12.8 Å². The van der Waals surface area contributed by atoms with Crippen LogP contribution in [0.4, 0.5) is 0 Å². The van der Waals surface area contributed by atoms with E-state index in [0.29, 0.717) is 0 Å². The smallest absolute Gasteiger partial charge is 0.310 e. The Hall–Kier alpha value is -1.84. The molecule has 0 atom stereocenters. The van der Waals surface area contributed by atoms with E-state index in [4.69, 9.17) is 9.47 Å². The molecule has 0 unspecified atom stereocenters. The summed E-state index contributed by atoms with van der Waals surface area (Å²) in [4.78, 5) is 23.9. The number of carbonyl (C=O) groups excluding carboxylic acids is 2. The second-order valence-electron chi connectivity index (χ2n) is 7.30. The number of hydrogen-bond donors (Lipinski definition) is 0. The molecule has 1 aromatic carbocycles. The van der Waals surface area contributed by atoms with Gasteiger partial charge in [-0.3, -0.25) is 9.59 Å². The van der Waals surface area contributed by atoms with Crippen molar-refractivity contribution >= 4 is 11.9 Å².